The van der Waals surface area contributed by atoms with E-state index in [0.717, 1.165) is 10.2 Å². The summed E-state index contributed by atoms with van der Waals surface area (Å²) in [6, 6.07) is 12.9. The number of furan rings is 1. The zero-order valence-corrected chi connectivity index (χ0v) is 15.6. The van der Waals surface area contributed by atoms with Crippen molar-refractivity contribution in [3.63, 3.8) is 0 Å². The molecule has 0 N–H and O–H groups in total. The smallest absolute Gasteiger partial charge is 0.359 e. The molecule has 0 aliphatic carbocycles. The number of hydrogen-bond donors (Lipinski definition) is 0. The summed E-state index contributed by atoms with van der Waals surface area (Å²) in [6.07, 6.45) is 4.50. The lowest BCUT2D eigenvalue weighted by Crippen LogP contribution is -2.10. The predicted octanol–water partition coefficient (Wildman–Crippen LogP) is 4.36. The van der Waals surface area contributed by atoms with Crippen LogP contribution in [0.3, 0.4) is 0 Å². The van der Waals surface area contributed by atoms with Gasteiger partial charge in [0.15, 0.2) is 11.5 Å². The lowest BCUT2D eigenvalue weighted by atomic mass is 10.3. The van der Waals surface area contributed by atoms with Gasteiger partial charge in [-0.05, 0) is 24.3 Å². The van der Waals surface area contributed by atoms with Crippen LogP contribution in [0.4, 0.5) is 0 Å². The number of thiazole rings is 1. The molecule has 0 atom stereocenters. The summed E-state index contributed by atoms with van der Waals surface area (Å²) < 4.78 is 16.8. The fraction of sp³-hybridized carbons (Fsp3) is 0.0500. The molecule has 1 aromatic carbocycles. The Morgan fingerprint density at radius 2 is 1.97 bits per heavy atom. The third-order valence-corrected chi connectivity index (χ3v) is 5.11. The van der Waals surface area contributed by atoms with Crippen molar-refractivity contribution in [2.45, 2.75) is 6.61 Å². The van der Waals surface area contributed by atoms with Gasteiger partial charge in [-0.2, -0.15) is 0 Å². The van der Waals surface area contributed by atoms with E-state index in [1.54, 1.807) is 18.2 Å². The summed E-state index contributed by atoms with van der Waals surface area (Å²) in [7, 11) is 0. The number of hydrogen-bond acceptors (Lipinski definition) is 9. The van der Waals surface area contributed by atoms with Gasteiger partial charge in [-0.25, -0.2) is 19.7 Å². The maximum Gasteiger partial charge on any atom is 0.359 e. The molecule has 0 unspecified atom stereocenters. The Kier molecular flexibility index (Phi) is 4.34. The molecule has 0 spiro atoms. The van der Waals surface area contributed by atoms with Crippen molar-refractivity contribution in [1.82, 2.24) is 20.1 Å². The molecule has 142 valence electrons. The topological polar surface area (TPSA) is 104 Å². The molecule has 9 heteroatoms. The number of benzene rings is 1. The predicted molar refractivity (Wildman–Crippen MR) is 104 cm³/mol. The van der Waals surface area contributed by atoms with Gasteiger partial charge in [0.25, 0.3) is 0 Å². The highest BCUT2D eigenvalue weighted by Crippen LogP contribution is 2.30. The maximum absolute atomic E-state index is 12.6. The normalized spacial score (nSPS) is 11.0. The van der Waals surface area contributed by atoms with Gasteiger partial charge in [0, 0.05) is 18.5 Å². The lowest BCUT2D eigenvalue weighted by Gasteiger charge is -2.04. The van der Waals surface area contributed by atoms with E-state index in [2.05, 4.69) is 20.1 Å². The first-order chi connectivity index (χ1) is 14.3. The first-order valence-electron chi connectivity index (χ1n) is 8.61. The minimum absolute atomic E-state index is 0.0705. The molecule has 8 nitrogen and oxygen atoms in total. The molecule has 4 heterocycles. The van der Waals surface area contributed by atoms with Crippen molar-refractivity contribution in [1.29, 1.82) is 0 Å². The highest BCUT2D eigenvalue weighted by atomic mass is 32.1. The van der Waals surface area contributed by atoms with Crippen LogP contribution in [-0.4, -0.2) is 26.1 Å². The van der Waals surface area contributed by atoms with Gasteiger partial charge in [-0.3, -0.25) is 0 Å². The first kappa shape index (κ1) is 17.3. The van der Waals surface area contributed by atoms with Crippen LogP contribution in [0.25, 0.3) is 32.4 Å². The summed E-state index contributed by atoms with van der Waals surface area (Å²) in [5, 5.41) is 4.49. The number of rotatable bonds is 5. The van der Waals surface area contributed by atoms with Crippen LogP contribution >= 0.6 is 11.3 Å². The monoisotopic (exact) mass is 404 g/mol. The standard InChI is InChI=1S/C20H12N4O4S/c25-20(27-11-12-10-15(28-24-12)14-5-3-9-26-14)18-17(21-7-8-22-18)19-23-13-4-1-2-6-16(13)29-19/h1-10H,11H2. The Morgan fingerprint density at radius 1 is 1.07 bits per heavy atom. The number of carbonyl (C=O) groups is 1. The zero-order chi connectivity index (χ0) is 19.6. The molecule has 0 aliphatic rings. The first-order valence-corrected chi connectivity index (χ1v) is 9.43. The maximum atomic E-state index is 12.6. The molecule has 5 rings (SSSR count). The fourth-order valence-electron chi connectivity index (χ4n) is 2.74. The number of para-hydroxylation sites is 1. The molecule has 0 amide bonds. The average Bonchev–Trinajstić information content (AvgIpc) is 3.52. The SMILES string of the molecule is O=C(OCc1cc(-c2ccco2)on1)c1nccnc1-c1nc2ccccc2s1. The van der Waals surface area contributed by atoms with E-state index in [0.29, 0.717) is 27.9 Å². The molecule has 5 aromatic rings. The molecule has 0 saturated heterocycles. The molecular weight excluding hydrogens is 392 g/mol. The third kappa shape index (κ3) is 3.39. The highest BCUT2D eigenvalue weighted by molar-refractivity contribution is 7.21. The van der Waals surface area contributed by atoms with Crippen LogP contribution in [0, 0.1) is 0 Å². The summed E-state index contributed by atoms with van der Waals surface area (Å²) in [4.78, 5) is 25.6. The molecule has 0 bridgehead atoms. The van der Waals surface area contributed by atoms with E-state index >= 15 is 0 Å². The third-order valence-electron chi connectivity index (χ3n) is 4.06. The van der Waals surface area contributed by atoms with Crippen LogP contribution < -0.4 is 0 Å². The molecule has 0 fully saturated rings. The van der Waals surface area contributed by atoms with Gasteiger partial charge in [0.2, 0.25) is 5.76 Å². The fourth-order valence-corrected chi connectivity index (χ4v) is 3.70. The van der Waals surface area contributed by atoms with Crippen LogP contribution in [0.5, 0.6) is 0 Å². The van der Waals surface area contributed by atoms with Crippen molar-refractivity contribution < 1.29 is 18.5 Å². The van der Waals surface area contributed by atoms with Crippen LogP contribution in [0.15, 0.2) is 70.1 Å². The van der Waals surface area contributed by atoms with Crippen LogP contribution in [0.1, 0.15) is 16.2 Å². The van der Waals surface area contributed by atoms with Gasteiger partial charge in [0.1, 0.15) is 23.0 Å². The Hall–Kier alpha value is -3.85. The van der Waals surface area contributed by atoms with Gasteiger partial charge in [-0.15, -0.1) is 11.3 Å². The van der Waals surface area contributed by atoms with Crippen LogP contribution in [-0.2, 0) is 11.3 Å². The molecule has 0 radical (unpaired) electrons. The van der Waals surface area contributed by atoms with E-state index in [9.17, 15) is 4.79 Å². The van der Waals surface area contributed by atoms with Gasteiger partial charge >= 0.3 is 5.97 Å². The largest absolute Gasteiger partial charge is 0.461 e. The van der Waals surface area contributed by atoms with E-state index in [-0.39, 0.29) is 12.3 Å². The Morgan fingerprint density at radius 3 is 2.83 bits per heavy atom. The van der Waals surface area contributed by atoms with Crippen molar-refractivity contribution in [3.8, 4) is 22.2 Å². The number of nitrogens with zero attached hydrogens (tertiary/aromatic N) is 4. The average molecular weight is 404 g/mol. The number of ether oxygens (including phenoxy) is 1. The van der Waals surface area contributed by atoms with E-state index in [4.69, 9.17) is 13.7 Å². The Bertz CT molecular complexity index is 1260. The number of fused-ring (bicyclic) bond motifs is 1. The highest BCUT2D eigenvalue weighted by Gasteiger charge is 2.21. The second kappa shape index (κ2) is 7.28. The van der Waals surface area contributed by atoms with E-state index in [1.165, 1.54) is 30.0 Å². The van der Waals surface area contributed by atoms with E-state index in [1.807, 2.05) is 24.3 Å². The lowest BCUT2D eigenvalue weighted by molar-refractivity contribution is 0.0458. The van der Waals surface area contributed by atoms with E-state index < -0.39 is 5.97 Å². The number of esters is 1. The van der Waals surface area contributed by atoms with Crippen molar-refractivity contribution in [2.24, 2.45) is 0 Å². The quantitative estimate of drug-likeness (QED) is 0.398. The second-order valence-electron chi connectivity index (χ2n) is 5.98. The van der Waals surface area contributed by atoms with Crippen LogP contribution in [0.2, 0.25) is 0 Å². The summed E-state index contributed by atoms with van der Waals surface area (Å²) >= 11 is 1.44. The van der Waals surface area contributed by atoms with Gasteiger partial charge < -0.3 is 13.7 Å². The van der Waals surface area contributed by atoms with Crippen molar-refractivity contribution in [2.75, 3.05) is 0 Å². The number of aromatic nitrogens is 4. The second-order valence-corrected chi connectivity index (χ2v) is 7.01. The van der Waals surface area contributed by atoms with Crippen molar-refractivity contribution in [3.05, 3.63) is 72.5 Å². The minimum atomic E-state index is -0.616. The number of carbonyl (C=O) groups excluding carboxylic acids is 1. The van der Waals surface area contributed by atoms with Gasteiger partial charge in [-0.1, -0.05) is 17.3 Å². The Balaban J connectivity index is 1.36. The Labute approximate surface area is 167 Å². The molecule has 4 aromatic heterocycles. The molecule has 29 heavy (non-hydrogen) atoms. The zero-order valence-electron chi connectivity index (χ0n) is 14.8. The van der Waals surface area contributed by atoms with Gasteiger partial charge in [0.05, 0.1) is 16.5 Å². The summed E-state index contributed by atoms with van der Waals surface area (Å²) in [5.41, 5.74) is 1.78. The summed E-state index contributed by atoms with van der Waals surface area (Å²) in [5.74, 6) is 0.382. The summed E-state index contributed by atoms with van der Waals surface area (Å²) in [6.45, 7) is -0.0705. The van der Waals surface area contributed by atoms with Crippen molar-refractivity contribution >= 4 is 27.5 Å². The molecule has 0 aliphatic heterocycles. The molecular formula is C20H12N4O4S. The molecule has 0 saturated carbocycles. The minimum Gasteiger partial charge on any atom is -0.461 e.